The second kappa shape index (κ2) is 6.42. The van der Waals surface area contributed by atoms with Crippen LogP contribution in [0.25, 0.3) is 0 Å². The minimum atomic E-state index is -0.354. The summed E-state index contributed by atoms with van der Waals surface area (Å²) in [5, 5.41) is 15.3. The van der Waals surface area contributed by atoms with E-state index in [1.54, 1.807) is 0 Å². The van der Waals surface area contributed by atoms with E-state index in [-0.39, 0.29) is 30.5 Å². The molecule has 0 bridgehead atoms. The minimum absolute atomic E-state index is 0. The van der Waals surface area contributed by atoms with Gasteiger partial charge in [-0.25, -0.2) is 0 Å². The van der Waals surface area contributed by atoms with Crippen LogP contribution in [0.4, 0.5) is 0 Å². The first-order valence-electron chi connectivity index (χ1n) is 5.95. The SMILES string of the molecule is Cl.O=C(NCC1CCCC1)[C@H]1C[C@H](O)CN1. The zero-order valence-electron chi connectivity index (χ0n) is 9.45. The second-order valence-electron chi connectivity index (χ2n) is 4.75. The van der Waals surface area contributed by atoms with E-state index in [1.807, 2.05) is 0 Å². The predicted octanol–water partition coefficient (Wildman–Crippen LogP) is 0.437. The van der Waals surface area contributed by atoms with Crippen molar-refractivity contribution in [3.8, 4) is 0 Å². The van der Waals surface area contributed by atoms with Crippen LogP contribution in [0.3, 0.4) is 0 Å². The van der Waals surface area contributed by atoms with Gasteiger partial charge in [0.25, 0.3) is 0 Å². The average molecular weight is 249 g/mol. The van der Waals surface area contributed by atoms with Gasteiger partial charge in [0.2, 0.25) is 5.91 Å². The molecule has 1 amide bonds. The van der Waals surface area contributed by atoms with Crippen molar-refractivity contribution < 1.29 is 9.90 Å². The van der Waals surface area contributed by atoms with E-state index in [9.17, 15) is 9.90 Å². The Labute approximate surface area is 103 Å². The molecule has 4 nitrogen and oxygen atoms in total. The molecule has 0 unspecified atom stereocenters. The lowest BCUT2D eigenvalue weighted by Crippen LogP contribution is -2.41. The normalized spacial score (nSPS) is 30.1. The van der Waals surface area contributed by atoms with E-state index in [4.69, 9.17) is 0 Å². The largest absolute Gasteiger partial charge is 0.392 e. The Bertz CT molecular complexity index is 232. The summed E-state index contributed by atoms with van der Waals surface area (Å²) >= 11 is 0. The van der Waals surface area contributed by atoms with Crippen molar-refractivity contribution in [2.45, 2.75) is 44.2 Å². The van der Waals surface area contributed by atoms with Gasteiger partial charge in [-0.2, -0.15) is 0 Å². The lowest BCUT2D eigenvalue weighted by molar-refractivity contribution is -0.123. The van der Waals surface area contributed by atoms with Gasteiger partial charge in [-0.3, -0.25) is 4.79 Å². The second-order valence-corrected chi connectivity index (χ2v) is 4.75. The summed E-state index contributed by atoms with van der Waals surface area (Å²) in [7, 11) is 0. The molecule has 2 fully saturated rings. The Morgan fingerprint density at radius 3 is 2.62 bits per heavy atom. The van der Waals surface area contributed by atoms with E-state index in [0.29, 0.717) is 18.9 Å². The molecular formula is C11H21ClN2O2. The van der Waals surface area contributed by atoms with Crippen LogP contribution in [0.15, 0.2) is 0 Å². The highest BCUT2D eigenvalue weighted by Gasteiger charge is 2.28. The highest BCUT2D eigenvalue weighted by molar-refractivity contribution is 5.85. The minimum Gasteiger partial charge on any atom is -0.392 e. The number of carbonyl (C=O) groups is 1. The van der Waals surface area contributed by atoms with Crippen molar-refractivity contribution in [3.63, 3.8) is 0 Å². The number of rotatable bonds is 3. The third-order valence-corrected chi connectivity index (χ3v) is 3.46. The van der Waals surface area contributed by atoms with Gasteiger partial charge in [0, 0.05) is 13.1 Å². The van der Waals surface area contributed by atoms with Crippen LogP contribution in [0, 0.1) is 5.92 Å². The van der Waals surface area contributed by atoms with Crippen molar-refractivity contribution in [2.24, 2.45) is 5.92 Å². The van der Waals surface area contributed by atoms with E-state index < -0.39 is 0 Å². The number of nitrogens with one attached hydrogen (secondary N) is 2. The number of carbonyl (C=O) groups excluding carboxylic acids is 1. The monoisotopic (exact) mass is 248 g/mol. The molecule has 0 radical (unpaired) electrons. The molecule has 3 N–H and O–H groups in total. The molecule has 1 saturated heterocycles. The molecule has 1 aliphatic carbocycles. The number of hydrogen-bond acceptors (Lipinski definition) is 3. The number of amides is 1. The van der Waals surface area contributed by atoms with Gasteiger partial charge < -0.3 is 15.7 Å². The van der Waals surface area contributed by atoms with Crippen LogP contribution in [0.2, 0.25) is 0 Å². The maximum atomic E-state index is 11.7. The number of β-amino-alcohol motifs (C(OH)–C–C–N with tert-alkyl or cyclic N) is 1. The topological polar surface area (TPSA) is 61.4 Å². The molecule has 0 aromatic heterocycles. The molecule has 1 heterocycles. The van der Waals surface area contributed by atoms with Gasteiger partial charge in [0.05, 0.1) is 12.1 Å². The van der Waals surface area contributed by atoms with Crippen molar-refractivity contribution >= 4 is 18.3 Å². The molecule has 5 heteroatoms. The van der Waals surface area contributed by atoms with E-state index in [1.165, 1.54) is 25.7 Å². The van der Waals surface area contributed by atoms with Gasteiger partial charge in [-0.15, -0.1) is 12.4 Å². The third kappa shape index (κ3) is 3.61. The molecule has 1 aliphatic heterocycles. The zero-order chi connectivity index (χ0) is 10.7. The first kappa shape index (κ1) is 13.7. The Morgan fingerprint density at radius 1 is 1.38 bits per heavy atom. The summed E-state index contributed by atoms with van der Waals surface area (Å²) in [5.41, 5.74) is 0. The average Bonchev–Trinajstić information content (AvgIpc) is 2.84. The quantitative estimate of drug-likeness (QED) is 0.679. The molecule has 0 aromatic rings. The third-order valence-electron chi connectivity index (χ3n) is 3.46. The molecule has 2 rings (SSSR count). The van der Waals surface area contributed by atoms with Crippen LogP contribution in [-0.2, 0) is 4.79 Å². The van der Waals surface area contributed by atoms with Crippen LogP contribution in [0.5, 0.6) is 0 Å². The predicted molar refractivity (Wildman–Crippen MR) is 64.6 cm³/mol. The molecule has 2 atom stereocenters. The number of aliphatic hydroxyl groups is 1. The van der Waals surface area contributed by atoms with Gasteiger partial charge in [-0.05, 0) is 25.2 Å². The summed E-state index contributed by atoms with van der Waals surface area (Å²) in [6, 6.07) is -0.179. The fourth-order valence-electron chi connectivity index (χ4n) is 2.50. The van der Waals surface area contributed by atoms with E-state index in [0.717, 1.165) is 6.54 Å². The summed E-state index contributed by atoms with van der Waals surface area (Å²) in [5.74, 6) is 0.735. The fourth-order valence-corrected chi connectivity index (χ4v) is 2.50. The van der Waals surface area contributed by atoms with Crippen molar-refractivity contribution in [1.82, 2.24) is 10.6 Å². The standard InChI is InChI=1S/C11H20N2O2.ClH/c14-9-5-10(12-7-9)11(15)13-6-8-3-1-2-4-8;/h8-10,12,14H,1-7H2,(H,13,15);1H/t9-,10+;/m0./s1. The van der Waals surface area contributed by atoms with Crippen LogP contribution < -0.4 is 10.6 Å². The maximum Gasteiger partial charge on any atom is 0.237 e. The molecule has 1 saturated carbocycles. The Kier molecular flexibility index (Phi) is 5.52. The van der Waals surface area contributed by atoms with Crippen molar-refractivity contribution in [2.75, 3.05) is 13.1 Å². The zero-order valence-corrected chi connectivity index (χ0v) is 10.3. The van der Waals surface area contributed by atoms with Crippen molar-refractivity contribution in [1.29, 1.82) is 0 Å². The molecule has 0 aromatic carbocycles. The fraction of sp³-hybridized carbons (Fsp3) is 0.909. The first-order valence-corrected chi connectivity index (χ1v) is 5.95. The van der Waals surface area contributed by atoms with Crippen molar-refractivity contribution in [3.05, 3.63) is 0 Å². The summed E-state index contributed by atoms with van der Waals surface area (Å²) in [6.07, 6.45) is 5.31. The molecular weight excluding hydrogens is 228 g/mol. The van der Waals surface area contributed by atoms with Crippen LogP contribution >= 0.6 is 12.4 Å². The highest BCUT2D eigenvalue weighted by atomic mass is 35.5. The highest BCUT2D eigenvalue weighted by Crippen LogP contribution is 2.23. The van der Waals surface area contributed by atoms with Crippen LogP contribution in [0.1, 0.15) is 32.1 Å². The van der Waals surface area contributed by atoms with Gasteiger partial charge in [0.15, 0.2) is 0 Å². The molecule has 0 spiro atoms. The number of halogens is 1. The lowest BCUT2D eigenvalue weighted by Gasteiger charge is -2.14. The van der Waals surface area contributed by atoms with E-state index in [2.05, 4.69) is 10.6 Å². The summed E-state index contributed by atoms with van der Waals surface area (Å²) in [4.78, 5) is 11.7. The summed E-state index contributed by atoms with van der Waals surface area (Å²) < 4.78 is 0. The summed E-state index contributed by atoms with van der Waals surface area (Å²) in [6.45, 7) is 1.36. The maximum absolute atomic E-state index is 11.7. The van der Waals surface area contributed by atoms with Gasteiger partial charge >= 0.3 is 0 Å². The molecule has 2 aliphatic rings. The Balaban J connectivity index is 0.00000128. The van der Waals surface area contributed by atoms with Gasteiger partial charge in [-0.1, -0.05) is 12.8 Å². The molecule has 16 heavy (non-hydrogen) atoms. The smallest absolute Gasteiger partial charge is 0.237 e. The first-order chi connectivity index (χ1) is 7.25. The lowest BCUT2D eigenvalue weighted by atomic mass is 10.1. The van der Waals surface area contributed by atoms with Gasteiger partial charge in [0.1, 0.15) is 0 Å². The van der Waals surface area contributed by atoms with Crippen LogP contribution in [-0.4, -0.2) is 36.2 Å². The molecule has 94 valence electrons. The Hall–Kier alpha value is -0.320. The van der Waals surface area contributed by atoms with E-state index >= 15 is 0 Å². The Morgan fingerprint density at radius 2 is 2.06 bits per heavy atom. The number of aliphatic hydroxyl groups excluding tert-OH is 1. The number of hydrogen-bond donors (Lipinski definition) is 3.